The van der Waals surface area contributed by atoms with Gasteiger partial charge in [0.15, 0.2) is 6.17 Å². The number of carbonyl (C=O) groups excluding carboxylic acids is 2. The largest absolute Gasteiger partial charge is 0.439 e. The first-order valence-electron chi connectivity index (χ1n) is 6.40. The lowest BCUT2D eigenvalue weighted by Gasteiger charge is -2.20. The first-order valence-corrected chi connectivity index (χ1v) is 6.40. The zero-order valence-electron chi connectivity index (χ0n) is 11.2. The summed E-state index contributed by atoms with van der Waals surface area (Å²) in [5, 5.41) is 0. The van der Waals surface area contributed by atoms with Gasteiger partial charge in [-0.1, -0.05) is 36.4 Å². The van der Waals surface area contributed by atoms with E-state index in [9.17, 15) is 14.0 Å². The highest BCUT2D eigenvalue weighted by atomic mass is 19.1. The molecule has 1 aromatic rings. The molecule has 2 rings (SSSR count). The highest BCUT2D eigenvalue weighted by Crippen LogP contribution is 2.33. The Morgan fingerprint density at radius 1 is 1.50 bits per heavy atom. The van der Waals surface area contributed by atoms with Gasteiger partial charge < -0.3 is 4.74 Å². The molecule has 1 heterocycles. The van der Waals surface area contributed by atoms with Crippen molar-refractivity contribution in [1.29, 1.82) is 0 Å². The second-order valence-electron chi connectivity index (χ2n) is 4.66. The van der Waals surface area contributed by atoms with Crippen molar-refractivity contribution in [3.63, 3.8) is 0 Å². The molecule has 1 aliphatic rings. The van der Waals surface area contributed by atoms with E-state index < -0.39 is 30.3 Å². The lowest BCUT2D eigenvalue weighted by molar-refractivity contribution is -0.134. The quantitative estimate of drug-likeness (QED) is 0.795. The van der Waals surface area contributed by atoms with Gasteiger partial charge in [0.05, 0.1) is 6.04 Å². The van der Waals surface area contributed by atoms with Crippen LogP contribution in [0.2, 0.25) is 0 Å². The second-order valence-corrected chi connectivity index (χ2v) is 4.66. The van der Waals surface area contributed by atoms with E-state index in [1.54, 1.807) is 19.1 Å². The van der Waals surface area contributed by atoms with Gasteiger partial charge in [-0.25, -0.2) is 14.1 Å². The van der Waals surface area contributed by atoms with Crippen molar-refractivity contribution in [2.75, 3.05) is 0 Å². The van der Waals surface area contributed by atoms with Gasteiger partial charge in [-0.15, -0.1) is 6.58 Å². The SMILES string of the molecule is C=CC[C@@H](F)C(=O)N1C(=O)O[C@@H](c2ccccc2)[C@H]1C. The number of alkyl halides is 1. The molecule has 2 amide bonds. The van der Waals surface area contributed by atoms with E-state index in [0.29, 0.717) is 0 Å². The van der Waals surface area contributed by atoms with Crippen LogP contribution in [0.25, 0.3) is 0 Å². The summed E-state index contributed by atoms with van der Waals surface area (Å²) >= 11 is 0. The van der Waals surface area contributed by atoms with Crippen LogP contribution in [-0.2, 0) is 9.53 Å². The number of hydrogen-bond donors (Lipinski definition) is 0. The summed E-state index contributed by atoms with van der Waals surface area (Å²) in [5.41, 5.74) is 0.780. The zero-order chi connectivity index (χ0) is 14.7. The summed E-state index contributed by atoms with van der Waals surface area (Å²) in [5.74, 6) is -0.874. The van der Waals surface area contributed by atoms with Crippen LogP contribution in [0, 0.1) is 0 Å². The smallest absolute Gasteiger partial charge is 0.417 e. The van der Waals surface area contributed by atoms with E-state index in [1.165, 1.54) is 6.08 Å². The molecule has 0 spiro atoms. The molecular formula is C15H16FNO3. The highest BCUT2D eigenvalue weighted by molar-refractivity contribution is 5.96. The number of rotatable bonds is 4. The Balaban J connectivity index is 2.19. The minimum absolute atomic E-state index is 0.120. The first kappa shape index (κ1) is 14.2. The van der Waals surface area contributed by atoms with Crippen molar-refractivity contribution in [1.82, 2.24) is 4.90 Å². The number of allylic oxidation sites excluding steroid dienone is 1. The van der Waals surface area contributed by atoms with Gasteiger partial charge in [-0.05, 0) is 12.5 Å². The second kappa shape index (κ2) is 5.86. The monoisotopic (exact) mass is 277 g/mol. The van der Waals surface area contributed by atoms with Gasteiger partial charge in [0.25, 0.3) is 5.91 Å². The van der Waals surface area contributed by atoms with Crippen LogP contribution in [-0.4, -0.2) is 29.1 Å². The standard InChI is InChI=1S/C15H16FNO3/c1-3-7-12(16)14(18)17-10(2)13(20-15(17)19)11-8-5-4-6-9-11/h3-6,8-10,12-13H,1,7H2,2H3/t10-,12-,13-/m1/s1. The fourth-order valence-corrected chi connectivity index (χ4v) is 2.24. The van der Waals surface area contributed by atoms with Gasteiger partial charge in [0.2, 0.25) is 0 Å². The van der Waals surface area contributed by atoms with Crippen molar-refractivity contribution in [3.8, 4) is 0 Å². The summed E-state index contributed by atoms with van der Waals surface area (Å²) in [6, 6.07) is 8.54. The number of carbonyl (C=O) groups is 2. The molecule has 0 radical (unpaired) electrons. The van der Waals surface area contributed by atoms with Gasteiger partial charge >= 0.3 is 6.09 Å². The van der Waals surface area contributed by atoms with E-state index in [0.717, 1.165) is 10.5 Å². The molecule has 1 aromatic carbocycles. The summed E-state index contributed by atoms with van der Waals surface area (Å²) in [4.78, 5) is 24.6. The van der Waals surface area contributed by atoms with Crippen LogP contribution in [0.15, 0.2) is 43.0 Å². The van der Waals surface area contributed by atoms with Crippen LogP contribution < -0.4 is 0 Å². The molecule has 0 unspecified atom stereocenters. The van der Waals surface area contributed by atoms with Crippen molar-refractivity contribution in [2.24, 2.45) is 0 Å². The average Bonchev–Trinajstić information content (AvgIpc) is 2.74. The van der Waals surface area contributed by atoms with Crippen LogP contribution in [0.3, 0.4) is 0 Å². The summed E-state index contributed by atoms with van der Waals surface area (Å²) < 4.78 is 18.8. The number of amides is 2. The van der Waals surface area contributed by atoms with Gasteiger partial charge in [-0.3, -0.25) is 4.79 Å². The minimum Gasteiger partial charge on any atom is -0.439 e. The molecule has 0 saturated carbocycles. The van der Waals surface area contributed by atoms with Crippen molar-refractivity contribution >= 4 is 12.0 Å². The van der Waals surface area contributed by atoms with E-state index in [1.807, 2.05) is 18.2 Å². The van der Waals surface area contributed by atoms with Crippen molar-refractivity contribution in [2.45, 2.75) is 31.7 Å². The van der Waals surface area contributed by atoms with Crippen molar-refractivity contribution in [3.05, 3.63) is 48.6 Å². The third kappa shape index (κ3) is 2.57. The Kier molecular flexibility index (Phi) is 4.17. The predicted molar refractivity (Wildman–Crippen MR) is 71.7 cm³/mol. The number of halogens is 1. The number of cyclic esters (lactones) is 1. The lowest BCUT2D eigenvalue weighted by Crippen LogP contribution is -2.42. The number of benzene rings is 1. The lowest BCUT2D eigenvalue weighted by atomic mass is 10.0. The number of hydrogen-bond acceptors (Lipinski definition) is 3. The molecule has 20 heavy (non-hydrogen) atoms. The van der Waals surface area contributed by atoms with E-state index in [-0.39, 0.29) is 6.42 Å². The fourth-order valence-electron chi connectivity index (χ4n) is 2.24. The molecule has 0 N–H and O–H groups in total. The molecule has 3 atom stereocenters. The van der Waals surface area contributed by atoms with Crippen LogP contribution in [0.1, 0.15) is 25.0 Å². The topological polar surface area (TPSA) is 46.6 Å². The Morgan fingerprint density at radius 3 is 2.75 bits per heavy atom. The van der Waals surface area contributed by atoms with Gasteiger partial charge in [0.1, 0.15) is 6.10 Å². The Morgan fingerprint density at radius 2 is 2.15 bits per heavy atom. The number of ether oxygens (including phenoxy) is 1. The summed E-state index contributed by atoms with van der Waals surface area (Å²) in [6.07, 6.45) is -1.95. The Labute approximate surface area is 116 Å². The fraction of sp³-hybridized carbons (Fsp3) is 0.333. The molecule has 0 aliphatic carbocycles. The molecule has 106 valence electrons. The summed E-state index contributed by atoms with van der Waals surface area (Å²) in [6.45, 7) is 5.05. The van der Waals surface area contributed by atoms with E-state index in [2.05, 4.69) is 6.58 Å². The third-order valence-electron chi connectivity index (χ3n) is 3.28. The third-order valence-corrected chi connectivity index (χ3v) is 3.28. The summed E-state index contributed by atoms with van der Waals surface area (Å²) in [7, 11) is 0. The first-order chi connectivity index (χ1) is 9.56. The molecule has 1 fully saturated rings. The molecule has 4 nitrogen and oxygen atoms in total. The molecule has 1 saturated heterocycles. The average molecular weight is 277 g/mol. The number of nitrogens with zero attached hydrogens (tertiary/aromatic N) is 1. The Bertz CT molecular complexity index is 517. The zero-order valence-corrected chi connectivity index (χ0v) is 11.2. The van der Waals surface area contributed by atoms with Gasteiger partial charge in [-0.2, -0.15) is 0 Å². The van der Waals surface area contributed by atoms with Crippen LogP contribution >= 0.6 is 0 Å². The predicted octanol–water partition coefficient (Wildman–Crippen LogP) is 3.01. The highest BCUT2D eigenvalue weighted by Gasteiger charge is 2.45. The van der Waals surface area contributed by atoms with Crippen LogP contribution in [0.4, 0.5) is 9.18 Å². The molecule has 5 heteroatoms. The molecule has 1 aliphatic heterocycles. The minimum atomic E-state index is -1.77. The van der Waals surface area contributed by atoms with E-state index >= 15 is 0 Å². The molecule has 0 aromatic heterocycles. The normalized spacial score (nSPS) is 23.3. The van der Waals surface area contributed by atoms with E-state index in [4.69, 9.17) is 4.74 Å². The molecular weight excluding hydrogens is 261 g/mol. The van der Waals surface area contributed by atoms with Gasteiger partial charge in [0, 0.05) is 6.42 Å². The number of imide groups is 1. The Hall–Kier alpha value is -2.17. The maximum absolute atomic E-state index is 13.7. The maximum Gasteiger partial charge on any atom is 0.417 e. The van der Waals surface area contributed by atoms with Crippen molar-refractivity contribution < 1.29 is 18.7 Å². The van der Waals surface area contributed by atoms with Crippen LogP contribution in [0.5, 0.6) is 0 Å². The maximum atomic E-state index is 13.7. The molecule has 0 bridgehead atoms.